The van der Waals surface area contributed by atoms with Gasteiger partial charge >= 0.3 is 0 Å². The van der Waals surface area contributed by atoms with Gasteiger partial charge in [-0.15, -0.1) is 0 Å². The molecule has 0 radical (unpaired) electrons. The lowest BCUT2D eigenvalue weighted by Crippen LogP contribution is -2.52. The second kappa shape index (κ2) is 9.71. The van der Waals surface area contributed by atoms with Crippen molar-refractivity contribution in [2.75, 3.05) is 39.0 Å². The van der Waals surface area contributed by atoms with Crippen LogP contribution in [0.25, 0.3) is 11.4 Å². The van der Waals surface area contributed by atoms with Crippen LogP contribution in [0.3, 0.4) is 0 Å². The summed E-state index contributed by atoms with van der Waals surface area (Å²) in [6.07, 6.45) is 4.47. The molecule has 3 N–H and O–H groups in total. The number of aromatic nitrogens is 5. The molecule has 1 amide bonds. The zero-order valence-electron chi connectivity index (χ0n) is 19.4. The molecular formula is C23H25N9O3. The Morgan fingerprint density at radius 1 is 1.11 bits per heavy atom. The Hall–Kier alpha value is -4.61. The normalized spacial score (nSPS) is 13.4. The Morgan fingerprint density at radius 3 is 2.43 bits per heavy atom. The molecule has 3 aromatic heterocycles. The van der Waals surface area contributed by atoms with Crippen LogP contribution in [0.5, 0.6) is 5.75 Å². The number of hydrogen-bond acceptors (Lipinski definition) is 9. The molecule has 3 aromatic rings. The van der Waals surface area contributed by atoms with E-state index in [1.165, 1.54) is 29.2 Å². The molecular weight excluding hydrogens is 450 g/mol. The topological polar surface area (TPSA) is 156 Å². The van der Waals surface area contributed by atoms with Gasteiger partial charge in [-0.25, -0.2) is 14.6 Å². The first-order valence-corrected chi connectivity index (χ1v) is 10.8. The Labute approximate surface area is 201 Å². The van der Waals surface area contributed by atoms with Gasteiger partial charge in [0.2, 0.25) is 0 Å². The smallest absolute Gasteiger partial charge is 0.295 e. The van der Waals surface area contributed by atoms with Crippen molar-refractivity contribution >= 4 is 28.8 Å². The molecule has 35 heavy (non-hydrogen) atoms. The molecule has 1 fully saturated rings. The fourth-order valence-corrected chi connectivity index (χ4v) is 3.78. The Kier molecular flexibility index (Phi) is 6.53. The maximum Gasteiger partial charge on any atom is 0.295 e. The Morgan fingerprint density at radius 2 is 1.83 bits per heavy atom. The number of nitrogens with zero attached hydrogens (tertiary/aromatic N) is 7. The molecule has 0 spiro atoms. The van der Waals surface area contributed by atoms with Crippen LogP contribution in [-0.4, -0.2) is 85.3 Å². The van der Waals surface area contributed by atoms with E-state index >= 15 is 0 Å². The lowest BCUT2D eigenvalue weighted by Gasteiger charge is -2.35. The molecule has 1 saturated heterocycles. The van der Waals surface area contributed by atoms with Gasteiger partial charge in [0.05, 0.1) is 24.6 Å². The predicted molar refractivity (Wildman–Crippen MR) is 128 cm³/mol. The third-order valence-electron chi connectivity index (χ3n) is 5.66. The first-order chi connectivity index (χ1) is 16.8. The van der Waals surface area contributed by atoms with E-state index in [0.717, 1.165) is 0 Å². The first-order valence-electron chi connectivity index (χ1n) is 10.8. The molecule has 0 aromatic carbocycles. The largest absolute Gasteiger partial charge is 0.494 e. The lowest BCUT2D eigenvalue weighted by molar-refractivity contribution is -0.142. The second-order valence-electron chi connectivity index (χ2n) is 7.83. The summed E-state index contributed by atoms with van der Waals surface area (Å²) >= 11 is 0. The molecule has 4 rings (SSSR count). The van der Waals surface area contributed by atoms with Gasteiger partial charge in [0.25, 0.3) is 11.7 Å². The van der Waals surface area contributed by atoms with Gasteiger partial charge in [0.1, 0.15) is 29.4 Å². The zero-order valence-corrected chi connectivity index (χ0v) is 19.4. The molecule has 4 heterocycles. The Balaban J connectivity index is 1.49. The fraction of sp³-hybridized carbons (Fsp3) is 0.261. The van der Waals surface area contributed by atoms with Crippen molar-refractivity contribution in [3.8, 4) is 11.6 Å². The molecule has 0 bridgehead atoms. The number of nitrogen functional groups attached to an aromatic ring is 1. The minimum absolute atomic E-state index is 0.0917. The van der Waals surface area contributed by atoms with Crippen molar-refractivity contribution in [3.05, 3.63) is 60.6 Å². The summed E-state index contributed by atoms with van der Waals surface area (Å²) in [4.78, 5) is 41.9. The van der Waals surface area contributed by atoms with E-state index in [1.54, 1.807) is 25.3 Å². The number of amides is 1. The average Bonchev–Trinajstić information content (AvgIpc) is 3.33. The van der Waals surface area contributed by atoms with Gasteiger partial charge in [-0.05, 0) is 19.1 Å². The third-order valence-corrected chi connectivity index (χ3v) is 5.66. The number of pyridine rings is 2. The highest BCUT2D eigenvalue weighted by Crippen LogP contribution is 2.34. The zero-order chi connectivity index (χ0) is 25.1. The molecule has 180 valence electrons. The summed E-state index contributed by atoms with van der Waals surface area (Å²) in [5.41, 5.74) is 7.04. The number of anilines is 1. The van der Waals surface area contributed by atoms with E-state index in [2.05, 4.69) is 26.6 Å². The highest BCUT2D eigenvalue weighted by atomic mass is 16.5. The molecule has 12 nitrogen and oxygen atoms in total. The molecule has 0 atom stereocenters. The number of ether oxygens (including phenoxy) is 1. The van der Waals surface area contributed by atoms with Crippen molar-refractivity contribution in [3.63, 3.8) is 0 Å². The van der Waals surface area contributed by atoms with Crippen LogP contribution in [0.15, 0.2) is 43.5 Å². The number of Topliss-reactive ketones (excluding diaryl/α,β-unsaturated/α-hetero) is 1. The predicted octanol–water partition coefficient (Wildman–Crippen LogP) is 0.709. The lowest BCUT2D eigenvalue weighted by atomic mass is 10.0. The van der Waals surface area contributed by atoms with Crippen molar-refractivity contribution in [2.45, 2.75) is 6.92 Å². The number of nitrogens with one attached hydrogen (secondary N) is 1. The summed E-state index contributed by atoms with van der Waals surface area (Å²) in [6, 6.07) is 5.36. The first kappa shape index (κ1) is 23.5. The van der Waals surface area contributed by atoms with E-state index < -0.39 is 11.7 Å². The molecule has 12 heteroatoms. The average molecular weight is 476 g/mol. The Bertz CT molecular complexity index is 1290. The maximum atomic E-state index is 13.1. The monoisotopic (exact) mass is 475 g/mol. The van der Waals surface area contributed by atoms with Crippen LogP contribution >= 0.6 is 0 Å². The van der Waals surface area contributed by atoms with Gasteiger partial charge in [0.15, 0.2) is 5.82 Å². The SMILES string of the molecule is C=C(C(=O)C(=O)N1CCN(C(=N)c2ccccn2)CC1)c1c(OC)cnc(-n2cnc(C)n2)c1N. The number of amidine groups is 1. The number of rotatable bonds is 6. The number of carbonyl (C=O) groups excluding carboxylic acids is 2. The quantitative estimate of drug-likeness (QED) is 0.227. The minimum Gasteiger partial charge on any atom is -0.494 e. The summed E-state index contributed by atoms with van der Waals surface area (Å²) in [7, 11) is 1.41. The van der Waals surface area contributed by atoms with Crippen LogP contribution in [0, 0.1) is 12.3 Å². The van der Waals surface area contributed by atoms with Crippen molar-refractivity contribution in [2.24, 2.45) is 0 Å². The van der Waals surface area contributed by atoms with Crippen LogP contribution in [0.1, 0.15) is 17.1 Å². The highest BCUT2D eigenvalue weighted by Gasteiger charge is 2.31. The van der Waals surface area contributed by atoms with Crippen LogP contribution < -0.4 is 10.5 Å². The summed E-state index contributed by atoms with van der Waals surface area (Å²) in [5, 5.41) is 12.6. The van der Waals surface area contributed by atoms with Crippen molar-refractivity contribution in [1.82, 2.24) is 34.5 Å². The molecule has 1 aliphatic rings. The van der Waals surface area contributed by atoms with E-state index in [1.807, 2.05) is 11.0 Å². The molecule has 0 aliphatic carbocycles. The van der Waals surface area contributed by atoms with Gasteiger partial charge < -0.3 is 20.3 Å². The van der Waals surface area contributed by atoms with E-state index in [-0.39, 0.29) is 47.3 Å². The van der Waals surface area contributed by atoms with Crippen molar-refractivity contribution in [1.29, 1.82) is 5.41 Å². The van der Waals surface area contributed by atoms with Crippen LogP contribution in [-0.2, 0) is 9.59 Å². The molecule has 1 aliphatic heterocycles. The number of ketones is 1. The molecule has 0 unspecified atom stereocenters. The summed E-state index contributed by atoms with van der Waals surface area (Å²) in [6.45, 7) is 6.92. The highest BCUT2D eigenvalue weighted by molar-refractivity contribution is 6.53. The number of methoxy groups -OCH3 is 1. The van der Waals surface area contributed by atoms with Gasteiger partial charge in [-0.1, -0.05) is 12.6 Å². The minimum atomic E-state index is -0.796. The fourth-order valence-electron chi connectivity index (χ4n) is 3.78. The van der Waals surface area contributed by atoms with Crippen molar-refractivity contribution < 1.29 is 14.3 Å². The number of aryl methyl sites for hydroxylation is 1. The number of piperazine rings is 1. The van der Waals surface area contributed by atoms with Gasteiger partial charge in [-0.3, -0.25) is 20.0 Å². The van der Waals surface area contributed by atoms with Crippen LogP contribution in [0.4, 0.5) is 5.69 Å². The number of carbonyl (C=O) groups is 2. The maximum absolute atomic E-state index is 13.1. The van der Waals surface area contributed by atoms with E-state index in [9.17, 15) is 9.59 Å². The van der Waals surface area contributed by atoms with E-state index in [0.29, 0.717) is 24.6 Å². The summed E-state index contributed by atoms with van der Waals surface area (Å²) in [5.74, 6) is -0.250. The molecule has 0 saturated carbocycles. The van der Waals surface area contributed by atoms with Crippen LogP contribution in [0.2, 0.25) is 0 Å². The second-order valence-corrected chi connectivity index (χ2v) is 7.83. The van der Waals surface area contributed by atoms with Gasteiger partial charge in [-0.2, -0.15) is 5.10 Å². The standard InChI is InChI=1S/C23H25N9O3/c1-14(18-17(35-3)12-27-22(19(18)24)32-13-28-15(2)29-32)20(33)23(34)31-10-8-30(9-11-31)21(25)16-6-4-5-7-26-16/h4-7,12-13,25H,1,8-11,24H2,2-3H3. The van der Waals surface area contributed by atoms with E-state index in [4.69, 9.17) is 15.9 Å². The number of hydrogen-bond donors (Lipinski definition) is 2. The number of nitrogens with two attached hydrogens (primary N) is 1. The summed E-state index contributed by atoms with van der Waals surface area (Å²) < 4.78 is 6.72. The van der Waals surface area contributed by atoms with Gasteiger partial charge in [0, 0.05) is 37.9 Å². The third kappa shape index (κ3) is 4.58.